The van der Waals surface area contributed by atoms with Crippen molar-refractivity contribution in [1.82, 2.24) is 4.90 Å². The summed E-state index contributed by atoms with van der Waals surface area (Å²) in [5, 5.41) is 11.7. The van der Waals surface area contributed by atoms with Crippen LogP contribution in [0.2, 0.25) is 0 Å². The van der Waals surface area contributed by atoms with Crippen molar-refractivity contribution in [2.75, 3.05) is 25.0 Å². The van der Waals surface area contributed by atoms with Crippen LogP contribution < -0.4 is 10.1 Å². The predicted octanol–water partition coefficient (Wildman–Crippen LogP) is 2.05. The molecular weight excluding hydrogens is 324 g/mol. The number of nitrogens with one attached hydrogen (secondary N) is 1. The lowest BCUT2D eigenvalue weighted by Crippen LogP contribution is -2.36. The van der Waals surface area contributed by atoms with E-state index in [1.165, 1.54) is 4.90 Å². The highest BCUT2D eigenvalue weighted by Crippen LogP contribution is 2.26. The Morgan fingerprint density at radius 2 is 2.12 bits per heavy atom. The SMILES string of the molecule is CCCN(CC(=O)O)C(=O)CCCOc1ccc2c(c1)CCC(=O)N2. The number of aliphatic carboxylic acids is 1. The lowest BCUT2D eigenvalue weighted by Gasteiger charge is -2.20. The second-order valence-electron chi connectivity index (χ2n) is 6.03. The highest BCUT2D eigenvalue weighted by molar-refractivity contribution is 5.94. The number of fused-ring (bicyclic) bond motifs is 1. The number of carbonyl (C=O) groups is 3. The molecule has 0 unspecified atom stereocenters. The number of carboxylic acid groups (broad SMARTS) is 1. The summed E-state index contributed by atoms with van der Waals surface area (Å²) in [6.07, 6.45) is 2.67. The molecule has 0 aromatic heterocycles. The molecule has 0 aliphatic carbocycles. The monoisotopic (exact) mass is 348 g/mol. The first-order chi connectivity index (χ1) is 12.0. The standard InChI is InChI=1S/C18H24N2O5/c1-2-9-20(12-18(23)24)17(22)4-3-10-25-14-6-7-15-13(11-14)5-8-16(21)19-15/h6-7,11H,2-5,8-10,12H2,1H3,(H,19,21)(H,23,24). The first kappa shape index (κ1) is 18.8. The number of amides is 2. The van der Waals surface area contributed by atoms with Gasteiger partial charge in [-0.1, -0.05) is 6.92 Å². The van der Waals surface area contributed by atoms with Crippen molar-refractivity contribution in [3.05, 3.63) is 23.8 Å². The molecular formula is C18H24N2O5. The van der Waals surface area contributed by atoms with Crippen molar-refractivity contribution in [3.8, 4) is 5.75 Å². The van der Waals surface area contributed by atoms with Crippen LogP contribution in [-0.4, -0.2) is 47.5 Å². The van der Waals surface area contributed by atoms with Crippen LogP contribution in [0.25, 0.3) is 0 Å². The van der Waals surface area contributed by atoms with E-state index in [1.807, 2.05) is 19.1 Å². The van der Waals surface area contributed by atoms with Crippen LogP contribution in [0.5, 0.6) is 5.75 Å². The Morgan fingerprint density at radius 1 is 1.32 bits per heavy atom. The molecule has 7 heteroatoms. The van der Waals surface area contributed by atoms with E-state index in [2.05, 4.69) is 5.32 Å². The highest BCUT2D eigenvalue weighted by atomic mass is 16.5. The van der Waals surface area contributed by atoms with Crippen LogP contribution in [0, 0.1) is 0 Å². The highest BCUT2D eigenvalue weighted by Gasteiger charge is 2.16. The van der Waals surface area contributed by atoms with Crippen LogP contribution in [0.15, 0.2) is 18.2 Å². The normalized spacial score (nSPS) is 12.9. The average molecular weight is 348 g/mol. The fourth-order valence-corrected chi connectivity index (χ4v) is 2.75. The van der Waals surface area contributed by atoms with Crippen molar-refractivity contribution in [1.29, 1.82) is 0 Å². The van der Waals surface area contributed by atoms with E-state index in [4.69, 9.17) is 9.84 Å². The van der Waals surface area contributed by atoms with Gasteiger partial charge in [0.15, 0.2) is 0 Å². The number of hydrogen-bond donors (Lipinski definition) is 2. The molecule has 2 amide bonds. The molecule has 2 N–H and O–H groups in total. The van der Waals surface area contributed by atoms with Crippen LogP contribution in [0.1, 0.15) is 38.2 Å². The maximum Gasteiger partial charge on any atom is 0.323 e. The van der Waals surface area contributed by atoms with E-state index in [-0.39, 0.29) is 24.8 Å². The fraction of sp³-hybridized carbons (Fsp3) is 0.500. The zero-order valence-electron chi connectivity index (χ0n) is 14.4. The van der Waals surface area contributed by atoms with E-state index >= 15 is 0 Å². The third kappa shape index (κ3) is 5.77. The molecule has 0 spiro atoms. The summed E-state index contributed by atoms with van der Waals surface area (Å²) in [5.74, 6) is -0.434. The smallest absolute Gasteiger partial charge is 0.323 e. The van der Waals surface area contributed by atoms with Crippen LogP contribution >= 0.6 is 0 Å². The Balaban J connectivity index is 1.78. The lowest BCUT2D eigenvalue weighted by molar-refractivity contribution is -0.144. The number of ether oxygens (including phenoxy) is 1. The second kappa shape index (κ2) is 9.05. The lowest BCUT2D eigenvalue weighted by atomic mass is 10.0. The molecule has 2 rings (SSSR count). The molecule has 0 saturated carbocycles. The molecule has 1 aliphatic rings. The minimum absolute atomic E-state index is 0.0256. The van der Waals surface area contributed by atoms with Crippen molar-refractivity contribution >= 4 is 23.5 Å². The van der Waals surface area contributed by atoms with Gasteiger partial charge in [-0.2, -0.15) is 0 Å². The number of aryl methyl sites for hydroxylation is 1. The number of nitrogens with zero attached hydrogens (tertiary/aromatic N) is 1. The molecule has 25 heavy (non-hydrogen) atoms. The van der Waals surface area contributed by atoms with Gasteiger partial charge in [0.1, 0.15) is 12.3 Å². The van der Waals surface area contributed by atoms with Crippen LogP contribution in [0.3, 0.4) is 0 Å². The largest absolute Gasteiger partial charge is 0.494 e. The van der Waals surface area contributed by atoms with E-state index in [0.717, 1.165) is 17.7 Å². The van der Waals surface area contributed by atoms with Gasteiger partial charge in [0.25, 0.3) is 0 Å². The fourth-order valence-electron chi connectivity index (χ4n) is 2.75. The second-order valence-corrected chi connectivity index (χ2v) is 6.03. The number of carbonyl (C=O) groups excluding carboxylic acids is 2. The molecule has 7 nitrogen and oxygen atoms in total. The maximum absolute atomic E-state index is 12.1. The summed E-state index contributed by atoms with van der Waals surface area (Å²) in [5.41, 5.74) is 1.87. The van der Waals surface area contributed by atoms with Crippen molar-refractivity contribution < 1.29 is 24.2 Å². The van der Waals surface area contributed by atoms with Gasteiger partial charge in [-0.15, -0.1) is 0 Å². The minimum Gasteiger partial charge on any atom is -0.494 e. The number of carboxylic acids is 1. The van der Waals surface area contributed by atoms with Gasteiger partial charge < -0.3 is 20.1 Å². The Bertz CT molecular complexity index is 644. The van der Waals surface area contributed by atoms with Crippen molar-refractivity contribution in [3.63, 3.8) is 0 Å². The maximum atomic E-state index is 12.1. The Kier molecular flexibility index (Phi) is 6.80. The number of hydrogen-bond acceptors (Lipinski definition) is 4. The van der Waals surface area contributed by atoms with Gasteiger partial charge in [-0.05, 0) is 43.0 Å². The van der Waals surface area contributed by atoms with Crippen LogP contribution in [-0.2, 0) is 20.8 Å². The van der Waals surface area contributed by atoms with Gasteiger partial charge in [0, 0.05) is 25.1 Å². The molecule has 1 aliphatic heterocycles. The Morgan fingerprint density at radius 3 is 2.84 bits per heavy atom. The Hall–Kier alpha value is -2.57. The van der Waals surface area contributed by atoms with Gasteiger partial charge in [-0.3, -0.25) is 14.4 Å². The minimum atomic E-state index is -1.00. The van der Waals surface area contributed by atoms with Gasteiger partial charge in [0.2, 0.25) is 11.8 Å². The summed E-state index contributed by atoms with van der Waals surface area (Å²) in [6, 6.07) is 5.52. The summed E-state index contributed by atoms with van der Waals surface area (Å²) < 4.78 is 5.67. The zero-order chi connectivity index (χ0) is 18.2. The third-order valence-corrected chi connectivity index (χ3v) is 3.95. The van der Waals surface area contributed by atoms with Gasteiger partial charge in [-0.25, -0.2) is 0 Å². The average Bonchev–Trinajstić information content (AvgIpc) is 2.57. The number of benzene rings is 1. The predicted molar refractivity (Wildman–Crippen MR) is 92.6 cm³/mol. The van der Waals surface area contributed by atoms with Crippen molar-refractivity contribution in [2.24, 2.45) is 0 Å². The molecule has 1 heterocycles. The Labute approximate surface area is 147 Å². The molecule has 0 saturated heterocycles. The first-order valence-corrected chi connectivity index (χ1v) is 8.54. The summed E-state index contributed by atoms with van der Waals surface area (Å²) in [7, 11) is 0. The zero-order valence-corrected chi connectivity index (χ0v) is 14.4. The summed E-state index contributed by atoms with van der Waals surface area (Å²) >= 11 is 0. The number of anilines is 1. The number of rotatable bonds is 9. The quantitative estimate of drug-likeness (QED) is 0.666. The van der Waals surface area contributed by atoms with Crippen LogP contribution in [0.4, 0.5) is 5.69 Å². The van der Waals surface area contributed by atoms with E-state index in [9.17, 15) is 14.4 Å². The third-order valence-electron chi connectivity index (χ3n) is 3.95. The van der Waals surface area contributed by atoms with E-state index in [1.54, 1.807) is 6.07 Å². The molecule has 0 atom stereocenters. The van der Waals surface area contributed by atoms with Gasteiger partial charge in [0.05, 0.1) is 6.61 Å². The summed E-state index contributed by atoms with van der Waals surface area (Å²) in [6.45, 7) is 2.47. The first-order valence-electron chi connectivity index (χ1n) is 8.54. The molecule has 1 aromatic carbocycles. The van der Waals surface area contributed by atoms with E-state index < -0.39 is 5.97 Å². The molecule has 1 aromatic rings. The molecule has 0 bridgehead atoms. The van der Waals surface area contributed by atoms with Gasteiger partial charge >= 0.3 is 5.97 Å². The van der Waals surface area contributed by atoms with E-state index in [0.29, 0.717) is 38.2 Å². The topological polar surface area (TPSA) is 95.9 Å². The summed E-state index contributed by atoms with van der Waals surface area (Å²) in [4.78, 5) is 35.6. The molecule has 0 radical (unpaired) electrons. The molecule has 0 fully saturated rings. The van der Waals surface area contributed by atoms with Crippen molar-refractivity contribution in [2.45, 2.75) is 39.0 Å². The molecule has 136 valence electrons.